The van der Waals surface area contributed by atoms with Crippen molar-refractivity contribution in [2.24, 2.45) is 5.92 Å². The molecule has 1 aliphatic rings. The summed E-state index contributed by atoms with van der Waals surface area (Å²) in [4.78, 5) is 23.6. The van der Waals surface area contributed by atoms with E-state index in [1.807, 2.05) is 20.8 Å². The minimum Gasteiger partial charge on any atom is -0.444 e. The molecule has 1 rings (SSSR count). The molecule has 4 heteroatoms. The number of carbonyl (C=O) groups is 2. The van der Waals surface area contributed by atoms with Gasteiger partial charge in [-0.2, -0.15) is 0 Å². The lowest BCUT2D eigenvalue weighted by molar-refractivity contribution is -0.108. The third-order valence-corrected chi connectivity index (χ3v) is 2.37. The molecule has 0 unspecified atom stereocenters. The summed E-state index contributed by atoms with van der Waals surface area (Å²) in [5.41, 5.74) is -0.445. The smallest absolute Gasteiger partial charge is 0.410 e. The van der Waals surface area contributed by atoms with Crippen LogP contribution in [0, 0.1) is 5.92 Å². The highest BCUT2D eigenvalue weighted by molar-refractivity contribution is 5.68. The predicted octanol–water partition coefficient (Wildman–Crippen LogP) is 1.83. The second-order valence-electron chi connectivity index (χ2n) is 4.98. The maximum Gasteiger partial charge on any atom is 0.410 e. The van der Waals surface area contributed by atoms with Gasteiger partial charge in [-0.25, -0.2) is 4.79 Å². The number of amides is 1. The third-order valence-electron chi connectivity index (χ3n) is 2.37. The van der Waals surface area contributed by atoms with E-state index in [9.17, 15) is 9.59 Å². The Morgan fingerprint density at radius 1 is 1.53 bits per heavy atom. The van der Waals surface area contributed by atoms with Crippen molar-refractivity contribution in [2.45, 2.75) is 39.2 Å². The molecule has 0 aromatic heterocycles. The van der Waals surface area contributed by atoms with Crippen molar-refractivity contribution in [2.75, 3.05) is 13.1 Å². The molecular weight excluding hydrogens is 194 g/mol. The van der Waals surface area contributed by atoms with Crippen molar-refractivity contribution < 1.29 is 14.3 Å². The highest BCUT2D eigenvalue weighted by Crippen LogP contribution is 2.20. The molecule has 0 aliphatic carbocycles. The molecule has 0 aromatic rings. The van der Waals surface area contributed by atoms with Gasteiger partial charge in [0.05, 0.1) is 0 Å². The minimum atomic E-state index is -0.445. The maximum absolute atomic E-state index is 11.6. The SMILES string of the molecule is CC(C)(C)OC(=O)N1CC[C@@H](CC=O)C1. The van der Waals surface area contributed by atoms with E-state index < -0.39 is 5.60 Å². The molecule has 0 aromatic carbocycles. The summed E-state index contributed by atoms with van der Waals surface area (Å²) in [6.45, 7) is 6.90. The van der Waals surface area contributed by atoms with Crippen LogP contribution in [0.4, 0.5) is 4.79 Å². The molecule has 1 amide bonds. The molecule has 0 spiro atoms. The monoisotopic (exact) mass is 213 g/mol. The molecule has 15 heavy (non-hydrogen) atoms. The van der Waals surface area contributed by atoms with Gasteiger partial charge in [0.2, 0.25) is 0 Å². The Labute approximate surface area is 90.6 Å². The molecule has 1 aliphatic heterocycles. The minimum absolute atomic E-state index is 0.268. The molecule has 1 atom stereocenters. The van der Waals surface area contributed by atoms with Crippen molar-refractivity contribution in [3.8, 4) is 0 Å². The Bertz CT molecular complexity index is 245. The lowest BCUT2D eigenvalue weighted by Gasteiger charge is -2.24. The number of aldehydes is 1. The van der Waals surface area contributed by atoms with Gasteiger partial charge in [0, 0.05) is 19.5 Å². The summed E-state index contributed by atoms with van der Waals surface area (Å²) < 4.78 is 5.25. The summed E-state index contributed by atoms with van der Waals surface area (Å²) >= 11 is 0. The van der Waals surface area contributed by atoms with Gasteiger partial charge >= 0.3 is 6.09 Å². The standard InChI is InChI=1S/C11H19NO3/c1-11(2,3)15-10(14)12-6-4-9(8-12)5-7-13/h7,9H,4-6,8H2,1-3H3/t9-/m0/s1. The summed E-state index contributed by atoms with van der Waals surface area (Å²) in [6, 6.07) is 0. The van der Waals surface area contributed by atoms with E-state index in [0.29, 0.717) is 25.4 Å². The largest absolute Gasteiger partial charge is 0.444 e. The summed E-state index contributed by atoms with van der Waals surface area (Å²) in [5.74, 6) is 0.315. The van der Waals surface area contributed by atoms with Crippen LogP contribution >= 0.6 is 0 Å². The van der Waals surface area contributed by atoms with Crippen LogP contribution in [-0.2, 0) is 9.53 Å². The Balaban J connectivity index is 2.40. The average Bonchev–Trinajstić information content (AvgIpc) is 2.50. The van der Waals surface area contributed by atoms with Crippen LogP contribution in [0.5, 0.6) is 0 Å². The highest BCUT2D eigenvalue weighted by Gasteiger charge is 2.29. The number of carbonyl (C=O) groups excluding carboxylic acids is 2. The van der Waals surface area contributed by atoms with E-state index in [1.54, 1.807) is 4.90 Å². The molecule has 0 bridgehead atoms. The second kappa shape index (κ2) is 4.64. The van der Waals surface area contributed by atoms with Crippen molar-refractivity contribution >= 4 is 12.4 Å². The van der Waals surface area contributed by atoms with Crippen molar-refractivity contribution in [1.82, 2.24) is 4.90 Å². The lowest BCUT2D eigenvalue weighted by atomic mass is 10.1. The van der Waals surface area contributed by atoms with Crippen LogP contribution < -0.4 is 0 Å². The van der Waals surface area contributed by atoms with Gasteiger partial charge in [-0.1, -0.05) is 0 Å². The van der Waals surface area contributed by atoms with Crippen LogP contribution in [0.2, 0.25) is 0 Å². The predicted molar refractivity (Wildman–Crippen MR) is 56.6 cm³/mol. The van der Waals surface area contributed by atoms with E-state index in [-0.39, 0.29) is 6.09 Å². The van der Waals surface area contributed by atoms with Gasteiger partial charge in [-0.15, -0.1) is 0 Å². The van der Waals surface area contributed by atoms with Crippen molar-refractivity contribution in [1.29, 1.82) is 0 Å². The molecular formula is C11H19NO3. The summed E-state index contributed by atoms with van der Waals surface area (Å²) in [7, 11) is 0. The first-order chi connectivity index (χ1) is 6.92. The van der Waals surface area contributed by atoms with Gasteiger partial charge in [0.1, 0.15) is 11.9 Å². The first-order valence-corrected chi connectivity index (χ1v) is 5.34. The normalized spacial score (nSPS) is 21.5. The van der Waals surface area contributed by atoms with E-state index in [0.717, 1.165) is 12.7 Å². The lowest BCUT2D eigenvalue weighted by Crippen LogP contribution is -2.35. The molecule has 1 heterocycles. The zero-order valence-electron chi connectivity index (χ0n) is 9.66. The van der Waals surface area contributed by atoms with Gasteiger partial charge in [0.25, 0.3) is 0 Å². The summed E-state index contributed by atoms with van der Waals surface area (Å²) in [5, 5.41) is 0. The molecule has 4 nitrogen and oxygen atoms in total. The fourth-order valence-corrected chi connectivity index (χ4v) is 1.65. The second-order valence-corrected chi connectivity index (χ2v) is 4.98. The van der Waals surface area contributed by atoms with Crippen molar-refractivity contribution in [3.05, 3.63) is 0 Å². The average molecular weight is 213 g/mol. The van der Waals surface area contributed by atoms with Gasteiger partial charge in [-0.3, -0.25) is 0 Å². The highest BCUT2D eigenvalue weighted by atomic mass is 16.6. The van der Waals surface area contributed by atoms with Crippen LogP contribution in [0.1, 0.15) is 33.6 Å². The van der Waals surface area contributed by atoms with E-state index in [4.69, 9.17) is 4.74 Å². The number of nitrogens with zero attached hydrogens (tertiary/aromatic N) is 1. The topological polar surface area (TPSA) is 46.6 Å². The molecule has 0 radical (unpaired) electrons. The van der Waals surface area contributed by atoms with Gasteiger partial charge < -0.3 is 14.4 Å². The van der Waals surface area contributed by atoms with Crippen LogP contribution in [0.25, 0.3) is 0 Å². The zero-order chi connectivity index (χ0) is 11.5. The number of likely N-dealkylation sites (tertiary alicyclic amines) is 1. The maximum atomic E-state index is 11.6. The fraction of sp³-hybridized carbons (Fsp3) is 0.818. The molecule has 1 saturated heterocycles. The number of hydrogen-bond donors (Lipinski definition) is 0. The van der Waals surface area contributed by atoms with Crippen LogP contribution in [0.3, 0.4) is 0 Å². The molecule has 0 N–H and O–H groups in total. The number of rotatable bonds is 2. The fourth-order valence-electron chi connectivity index (χ4n) is 1.65. The Hall–Kier alpha value is -1.06. The Morgan fingerprint density at radius 3 is 2.73 bits per heavy atom. The number of hydrogen-bond acceptors (Lipinski definition) is 3. The summed E-state index contributed by atoms with van der Waals surface area (Å²) in [6.07, 6.45) is 2.09. The van der Waals surface area contributed by atoms with E-state index >= 15 is 0 Å². The van der Waals surface area contributed by atoms with Crippen molar-refractivity contribution in [3.63, 3.8) is 0 Å². The number of ether oxygens (including phenoxy) is 1. The third kappa shape index (κ3) is 3.90. The van der Waals surface area contributed by atoms with Gasteiger partial charge in [0.15, 0.2) is 0 Å². The van der Waals surface area contributed by atoms with Crippen LogP contribution in [0.15, 0.2) is 0 Å². The molecule has 0 saturated carbocycles. The Kier molecular flexibility index (Phi) is 3.72. The Morgan fingerprint density at radius 2 is 2.20 bits per heavy atom. The first-order valence-electron chi connectivity index (χ1n) is 5.34. The zero-order valence-corrected chi connectivity index (χ0v) is 9.66. The first kappa shape index (κ1) is 12.0. The molecule has 1 fully saturated rings. The van der Waals surface area contributed by atoms with E-state index in [1.165, 1.54) is 0 Å². The van der Waals surface area contributed by atoms with Gasteiger partial charge in [-0.05, 0) is 33.1 Å². The quantitative estimate of drug-likeness (QED) is 0.657. The van der Waals surface area contributed by atoms with E-state index in [2.05, 4.69) is 0 Å². The molecule has 86 valence electrons. The van der Waals surface area contributed by atoms with Crippen LogP contribution in [-0.4, -0.2) is 36.0 Å².